The van der Waals surface area contributed by atoms with Crippen LogP contribution in [-0.2, 0) is 0 Å². The predicted octanol–water partition coefficient (Wildman–Crippen LogP) is 4.78. The average Bonchev–Trinajstić information content (AvgIpc) is 3.04. The Labute approximate surface area is 131 Å². The number of allylic oxidation sites excluding steroid dienone is 9. The lowest BCUT2D eigenvalue weighted by atomic mass is 9.93. The highest BCUT2D eigenvalue weighted by Crippen LogP contribution is 2.58. The van der Waals surface area contributed by atoms with Gasteiger partial charge in [0.05, 0.1) is 11.4 Å². The molecule has 106 valence electrons. The molecule has 1 nitrogen and oxygen atoms in total. The van der Waals surface area contributed by atoms with Crippen molar-refractivity contribution >= 4 is 19.5 Å². The molecule has 0 bridgehead atoms. The molecule has 0 aromatic heterocycles. The molecule has 0 atom stereocenters. The number of benzene rings is 1. The quantitative estimate of drug-likeness (QED) is 0.697. The zero-order chi connectivity index (χ0) is 14.9. The van der Waals surface area contributed by atoms with Crippen LogP contribution in [0.4, 0.5) is 0 Å². The molecule has 2 aliphatic carbocycles. The first-order valence-electron chi connectivity index (χ1n) is 7.90. The van der Waals surface area contributed by atoms with Crippen molar-refractivity contribution in [3.05, 3.63) is 87.3 Å². The van der Waals surface area contributed by atoms with Gasteiger partial charge in [0.25, 0.3) is 0 Å². The van der Waals surface area contributed by atoms with Gasteiger partial charge in [0, 0.05) is 16.7 Å². The van der Waals surface area contributed by atoms with Gasteiger partial charge in [-0.1, -0.05) is 66.9 Å². The number of fused-ring (bicyclic) bond motifs is 2. The van der Waals surface area contributed by atoms with Gasteiger partial charge in [-0.3, -0.25) is 0 Å². The Morgan fingerprint density at radius 3 is 2.59 bits per heavy atom. The Morgan fingerprint density at radius 1 is 1.05 bits per heavy atom. The smallest absolute Gasteiger partial charge is 0.113 e. The lowest BCUT2D eigenvalue weighted by Crippen LogP contribution is -2.09. The molecule has 0 N–H and O–H groups in total. The van der Waals surface area contributed by atoms with Crippen molar-refractivity contribution in [3.8, 4) is 0 Å². The lowest BCUT2D eigenvalue weighted by molar-refractivity contribution is 1.27. The summed E-state index contributed by atoms with van der Waals surface area (Å²) < 4.78 is 0. The highest BCUT2D eigenvalue weighted by atomic mass is 28.3. The first-order chi connectivity index (χ1) is 10.7. The molecule has 22 heavy (non-hydrogen) atoms. The van der Waals surface area contributed by atoms with Crippen LogP contribution in [0.5, 0.6) is 0 Å². The summed E-state index contributed by atoms with van der Waals surface area (Å²) in [5, 5.41) is 3.28. The molecule has 1 aromatic rings. The molecular formula is C20H17NSi. The first kappa shape index (κ1) is 12.4. The Morgan fingerprint density at radius 2 is 1.86 bits per heavy atom. The molecule has 4 aliphatic rings. The first-order valence-corrected chi connectivity index (χ1v) is 10.9. The Kier molecular flexibility index (Phi) is 2.22. The highest BCUT2D eigenvalue weighted by Gasteiger charge is 2.56. The number of hydrogen-bond acceptors (Lipinski definition) is 1. The van der Waals surface area contributed by atoms with E-state index in [1.54, 1.807) is 10.4 Å². The molecule has 0 radical (unpaired) electrons. The van der Waals surface area contributed by atoms with Gasteiger partial charge >= 0.3 is 0 Å². The minimum atomic E-state index is -1.24. The van der Waals surface area contributed by atoms with Crippen molar-refractivity contribution in [1.29, 1.82) is 0 Å². The summed E-state index contributed by atoms with van der Waals surface area (Å²) in [7, 11) is -1.24. The maximum Gasteiger partial charge on any atom is 0.113 e. The lowest BCUT2D eigenvalue weighted by Gasteiger charge is -2.10. The second-order valence-electron chi connectivity index (χ2n) is 6.84. The zero-order valence-corrected chi connectivity index (χ0v) is 13.9. The SMILES string of the molecule is C[Si]1(C)C2=CC3=NC(c4ccccc4)=C(C4=CC=CC4)C3=C21. The molecule has 0 spiro atoms. The summed E-state index contributed by atoms with van der Waals surface area (Å²) >= 11 is 0. The second-order valence-corrected chi connectivity index (χ2v) is 11.1. The van der Waals surface area contributed by atoms with E-state index in [0.29, 0.717) is 0 Å². The predicted molar refractivity (Wildman–Crippen MR) is 95.2 cm³/mol. The van der Waals surface area contributed by atoms with Crippen LogP contribution in [0.25, 0.3) is 5.70 Å². The van der Waals surface area contributed by atoms with Crippen molar-refractivity contribution in [2.45, 2.75) is 19.5 Å². The second kappa shape index (κ2) is 3.96. The van der Waals surface area contributed by atoms with Crippen LogP contribution in [-0.4, -0.2) is 13.8 Å². The fraction of sp³-hybridized carbons (Fsp3) is 0.150. The highest BCUT2D eigenvalue weighted by molar-refractivity contribution is 7.07. The third-order valence-electron chi connectivity index (χ3n) is 5.15. The van der Waals surface area contributed by atoms with Gasteiger partial charge in [0.2, 0.25) is 0 Å². The summed E-state index contributed by atoms with van der Waals surface area (Å²) in [5.41, 5.74) is 7.88. The topological polar surface area (TPSA) is 12.4 Å². The minimum Gasteiger partial charge on any atom is -0.247 e. The van der Waals surface area contributed by atoms with Crippen molar-refractivity contribution in [2.75, 3.05) is 0 Å². The third kappa shape index (κ3) is 1.45. The summed E-state index contributed by atoms with van der Waals surface area (Å²) in [5.74, 6) is 0. The summed E-state index contributed by atoms with van der Waals surface area (Å²) in [6.07, 6.45) is 10.1. The molecular weight excluding hydrogens is 282 g/mol. The van der Waals surface area contributed by atoms with Gasteiger partial charge in [-0.05, 0) is 23.3 Å². The molecule has 1 aromatic carbocycles. The van der Waals surface area contributed by atoms with Crippen LogP contribution in [0.2, 0.25) is 13.1 Å². The Bertz CT molecular complexity index is 902. The van der Waals surface area contributed by atoms with Crippen LogP contribution in [0.15, 0.2) is 86.7 Å². The number of hydrogen-bond donors (Lipinski definition) is 0. The van der Waals surface area contributed by atoms with E-state index < -0.39 is 8.07 Å². The molecule has 2 aliphatic heterocycles. The van der Waals surface area contributed by atoms with E-state index in [9.17, 15) is 0 Å². The van der Waals surface area contributed by atoms with Crippen molar-refractivity contribution < 1.29 is 0 Å². The molecule has 0 unspecified atom stereocenters. The van der Waals surface area contributed by atoms with E-state index in [0.717, 1.165) is 6.42 Å². The van der Waals surface area contributed by atoms with Gasteiger partial charge in [0.1, 0.15) is 8.07 Å². The van der Waals surface area contributed by atoms with Crippen LogP contribution < -0.4 is 0 Å². The maximum atomic E-state index is 5.01. The Balaban J connectivity index is 1.75. The third-order valence-corrected chi connectivity index (χ3v) is 8.41. The van der Waals surface area contributed by atoms with E-state index in [4.69, 9.17) is 4.99 Å². The monoisotopic (exact) mass is 299 g/mol. The molecule has 2 heterocycles. The van der Waals surface area contributed by atoms with Crippen LogP contribution in [0.1, 0.15) is 12.0 Å². The van der Waals surface area contributed by atoms with E-state index in [1.807, 2.05) is 0 Å². The van der Waals surface area contributed by atoms with Gasteiger partial charge in [-0.2, -0.15) is 0 Å². The zero-order valence-electron chi connectivity index (χ0n) is 12.9. The minimum absolute atomic E-state index is 1.03. The molecule has 1 saturated heterocycles. The van der Waals surface area contributed by atoms with E-state index in [1.165, 1.54) is 33.7 Å². The average molecular weight is 299 g/mol. The molecule has 1 fully saturated rings. The number of nitrogens with zero attached hydrogens (tertiary/aromatic N) is 1. The van der Waals surface area contributed by atoms with Crippen LogP contribution in [0, 0.1) is 0 Å². The summed E-state index contributed by atoms with van der Waals surface area (Å²) in [6, 6.07) is 10.6. The fourth-order valence-electron chi connectivity index (χ4n) is 3.92. The fourth-order valence-corrected chi connectivity index (χ4v) is 7.24. The molecule has 0 amide bonds. The molecule has 2 heteroatoms. The van der Waals surface area contributed by atoms with Crippen molar-refractivity contribution in [3.63, 3.8) is 0 Å². The van der Waals surface area contributed by atoms with Gasteiger partial charge in [0.15, 0.2) is 0 Å². The van der Waals surface area contributed by atoms with Gasteiger partial charge < -0.3 is 0 Å². The number of rotatable bonds is 2. The Hall–Kier alpha value is -2.19. The maximum absolute atomic E-state index is 5.01. The van der Waals surface area contributed by atoms with Crippen molar-refractivity contribution in [1.82, 2.24) is 0 Å². The van der Waals surface area contributed by atoms with E-state index >= 15 is 0 Å². The molecule has 0 saturated carbocycles. The van der Waals surface area contributed by atoms with Crippen molar-refractivity contribution in [2.24, 2.45) is 4.99 Å². The van der Waals surface area contributed by atoms with Crippen LogP contribution in [0.3, 0.4) is 0 Å². The van der Waals surface area contributed by atoms with E-state index in [2.05, 4.69) is 67.7 Å². The normalized spacial score (nSPS) is 23.5. The largest absolute Gasteiger partial charge is 0.247 e. The summed E-state index contributed by atoms with van der Waals surface area (Å²) in [6.45, 7) is 4.91. The van der Waals surface area contributed by atoms with Gasteiger partial charge in [-0.25, -0.2) is 4.99 Å². The number of aliphatic imine (C=N–C) groups is 1. The van der Waals surface area contributed by atoms with Crippen LogP contribution >= 0.6 is 0 Å². The van der Waals surface area contributed by atoms with Gasteiger partial charge in [-0.15, -0.1) is 0 Å². The summed E-state index contributed by atoms with van der Waals surface area (Å²) in [4.78, 5) is 5.01. The van der Waals surface area contributed by atoms with E-state index in [-0.39, 0.29) is 0 Å². The molecule has 5 rings (SSSR count). The standard InChI is InChI=1S/C20H17NSi/c1-22(2)16-12-15-18(20(16)22)17(13-8-6-7-9-13)19(21-15)14-10-4-3-5-11-14/h3-8,10-12H,9H2,1-2H3.